The molecule has 28 heavy (non-hydrogen) atoms. The van der Waals surface area contributed by atoms with Gasteiger partial charge in [0.25, 0.3) is 0 Å². The molecule has 3 aromatic carbocycles. The van der Waals surface area contributed by atoms with Gasteiger partial charge in [0.1, 0.15) is 0 Å². The maximum atomic E-state index is 6.12. The number of rotatable bonds is 4. The fourth-order valence-corrected chi connectivity index (χ4v) is 3.25. The van der Waals surface area contributed by atoms with E-state index in [0.717, 1.165) is 16.8 Å². The van der Waals surface area contributed by atoms with E-state index in [1.807, 2.05) is 6.07 Å². The summed E-state index contributed by atoms with van der Waals surface area (Å²) in [5, 5.41) is 3.45. The van der Waals surface area contributed by atoms with Crippen LogP contribution in [-0.4, -0.2) is 18.3 Å². The van der Waals surface area contributed by atoms with E-state index in [1.54, 1.807) is 0 Å². The molecule has 1 aliphatic rings. The minimum atomic E-state index is -0.329. The number of hydrogen-bond donors (Lipinski definition) is 1. The first-order valence-electron chi connectivity index (χ1n) is 9.72. The van der Waals surface area contributed by atoms with Gasteiger partial charge in [0, 0.05) is 11.4 Å². The number of hydrogen-bond acceptors (Lipinski definition) is 3. The Morgan fingerprint density at radius 1 is 0.607 bits per heavy atom. The van der Waals surface area contributed by atoms with Crippen LogP contribution >= 0.6 is 0 Å². The third-order valence-electron chi connectivity index (χ3n) is 5.72. The van der Waals surface area contributed by atoms with Gasteiger partial charge in [0.05, 0.1) is 11.2 Å². The lowest BCUT2D eigenvalue weighted by Gasteiger charge is -2.32. The monoisotopic (exact) mass is 371 g/mol. The SMILES string of the molecule is CC1(C)OB(c2ccc(Nc3ccc(-c4ccccc4)cc3)cc2)OC1(C)C. The van der Waals surface area contributed by atoms with Crippen LogP contribution in [0.15, 0.2) is 78.9 Å². The van der Waals surface area contributed by atoms with Crippen LogP contribution in [-0.2, 0) is 9.31 Å². The molecular weight excluding hydrogens is 345 g/mol. The smallest absolute Gasteiger partial charge is 0.399 e. The van der Waals surface area contributed by atoms with Crippen molar-refractivity contribution in [2.24, 2.45) is 0 Å². The molecule has 142 valence electrons. The first-order valence-corrected chi connectivity index (χ1v) is 9.72. The van der Waals surface area contributed by atoms with E-state index in [4.69, 9.17) is 9.31 Å². The summed E-state index contributed by atoms with van der Waals surface area (Å²) in [6.07, 6.45) is 0. The standard InChI is InChI=1S/C24H26BNO2/c1-23(2)24(3,4)28-25(27-23)20-12-16-22(17-13-20)26-21-14-10-19(11-15-21)18-8-6-5-7-9-18/h5-17,26H,1-4H3. The molecule has 4 rings (SSSR count). The topological polar surface area (TPSA) is 30.5 Å². The number of nitrogens with one attached hydrogen (secondary N) is 1. The highest BCUT2D eigenvalue weighted by Crippen LogP contribution is 2.36. The second-order valence-electron chi connectivity index (χ2n) is 8.28. The van der Waals surface area contributed by atoms with Gasteiger partial charge in [-0.2, -0.15) is 0 Å². The van der Waals surface area contributed by atoms with Gasteiger partial charge in [-0.3, -0.25) is 0 Å². The van der Waals surface area contributed by atoms with Crippen molar-refractivity contribution in [3.05, 3.63) is 78.9 Å². The molecule has 0 atom stereocenters. The molecule has 1 aliphatic heterocycles. The normalized spacial score (nSPS) is 17.5. The molecule has 1 N–H and O–H groups in total. The molecule has 1 saturated heterocycles. The summed E-state index contributed by atoms with van der Waals surface area (Å²) in [5.41, 5.74) is 4.91. The Morgan fingerprint density at radius 3 is 1.61 bits per heavy atom. The van der Waals surface area contributed by atoms with Gasteiger partial charge in [-0.15, -0.1) is 0 Å². The third-order valence-corrected chi connectivity index (χ3v) is 5.72. The van der Waals surface area contributed by atoms with Crippen LogP contribution in [0.4, 0.5) is 11.4 Å². The van der Waals surface area contributed by atoms with Crippen molar-refractivity contribution in [3.8, 4) is 11.1 Å². The molecule has 0 aromatic heterocycles. The molecule has 0 saturated carbocycles. The third kappa shape index (κ3) is 3.71. The Kier molecular flexibility index (Phi) is 4.78. The van der Waals surface area contributed by atoms with Crippen LogP contribution in [0.25, 0.3) is 11.1 Å². The van der Waals surface area contributed by atoms with Crippen molar-refractivity contribution in [2.45, 2.75) is 38.9 Å². The highest BCUT2D eigenvalue weighted by molar-refractivity contribution is 6.62. The average molecular weight is 371 g/mol. The quantitative estimate of drug-likeness (QED) is 0.623. The Bertz CT molecular complexity index is 919. The summed E-state index contributed by atoms with van der Waals surface area (Å²) in [7, 11) is -0.329. The van der Waals surface area contributed by atoms with Crippen LogP contribution < -0.4 is 10.8 Å². The van der Waals surface area contributed by atoms with E-state index < -0.39 is 0 Å². The highest BCUT2D eigenvalue weighted by atomic mass is 16.7. The fourth-order valence-electron chi connectivity index (χ4n) is 3.25. The second-order valence-corrected chi connectivity index (χ2v) is 8.28. The number of benzene rings is 3. The largest absolute Gasteiger partial charge is 0.494 e. The van der Waals surface area contributed by atoms with Gasteiger partial charge in [-0.05, 0) is 68.6 Å². The number of anilines is 2. The van der Waals surface area contributed by atoms with E-state index in [2.05, 4.69) is 106 Å². The Hall–Kier alpha value is -2.56. The highest BCUT2D eigenvalue weighted by Gasteiger charge is 2.51. The molecule has 1 fully saturated rings. The molecule has 0 radical (unpaired) electrons. The zero-order valence-corrected chi connectivity index (χ0v) is 16.9. The van der Waals surface area contributed by atoms with Crippen LogP contribution in [0.5, 0.6) is 0 Å². The predicted molar refractivity (Wildman–Crippen MR) is 117 cm³/mol. The van der Waals surface area contributed by atoms with Crippen LogP contribution in [0.2, 0.25) is 0 Å². The zero-order valence-electron chi connectivity index (χ0n) is 16.9. The van der Waals surface area contributed by atoms with E-state index in [0.29, 0.717) is 0 Å². The summed E-state index contributed by atoms with van der Waals surface area (Å²) >= 11 is 0. The minimum Gasteiger partial charge on any atom is -0.399 e. The van der Waals surface area contributed by atoms with Crippen molar-refractivity contribution in [1.29, 1.82) is 0 Å². The van der Waals surface area contributed by atoms with Crippen molar-refractivity contribution < 1.29 is 9.31 Å². The fraction of sp³-hybridized carbons (Fsp3) is 0.250. The van der Waals surface area contributed by atoms with Crippen molar-refractivity contribution in [2.75, 3.05) is 5.32 Å². The van der Waals surface area contributed by atoms with Crippen LogP contribution in [0.3, 0.4) is 0 Å². The first kappa shape index (κ1) is 18.8. The van der Waals surface area contributed by atoms with E-state index in [1.165, 1.54) is 11.1 Å². The Balaban J connectivity index is 1.44. The van der Waals surface area contributed by atoms with E-state index in [9.17, 15) is 0 Å². The van der Waals surface area contributed by atoms with Gasteiger partial charge in [0.15, 0.2) is 0 Å². The van der Waals surface area contributed by atoms with Gasteiger partial charge < -0.3 is 14.6 Å². The van der Waals surface area contributed by atoms with Crippen LogP contribution in [0, 0.1) is 0 Å². The summed E-state index contributed by atoms with van der Waals surface area (Å²) in [4.78, 5) is 0. The Morgan fingerprint density at radius 2 is 1.07 bits per heavy atom. The maximum absolute atomic E-state index is 6.12. The zero-order chi connectivity index (χ0) is 19.8. The maximum Gasteiger partial charge on any atom is 0.494 e. The molecule has 4 heteroatoms. The van der Waals surface area contributed by atoms with Gasteiger partial charge in [-0.1, -0.05) is 54.6 Å². The van der Waals surface area contributed by atoms with Gasteiger partial charge >= 0.3 is 7.12 Å². The van der Waals surface area contributed by atoms with E-state index in [-0.39, 0.29) is 18.3 Å². The average Bonchev–Trinajstić information content (AvgIpc) is 2.91. The van der Waals surface area contributed by atoms with Gasteiger partial charge in [0.2, 0.25) is 0 Å². The summed E-state index contributed by atoms with van der Waals surface area (Å²) in [5.74, 6) is 0. The molecule has 0 aliphatic carbocycles. The first-order chi connectivity index (χ1) is 13.3. The lowest BCUT2D eigenvalue weighted by molar-refractivity contribution is 0.00578. The molecule has 0 spiro atoms. The molecule has 3 nitrogen and oxygen atoms in total. The Labute approximate surface area is 167 Å². The molecule has 0 bridgehead atoms. The minimum absolute atomic E-state index is 0.324. The summed E-state index contributed by atoms with van der Waals surface area (Å²) < 4.78 is 12.2. The summed E-state index contributed by atoms with van der Waals surface area (Å²) in [6.45, 7) is 8.29. The molecule has 1 heterocycles. The van der Waals surface area contributed by atoms with Crippen molar-refractivity contribution in [1.82, 2.24) is 0 Å². The molecule has 0 unspecified atom stereocenters. The van der Waals surface area contributed by atoms with Gasteiger partial charge in [-0.25, -0.2) is 0 Å². The van der Waals surface area contributed by atoms with Crippen LogP contribution in [0.1, 0.15) is 27.7 Å². The lowest BCUT2D eigenvalue weighted by atomic mass is 9.79. The van der Waals surface area contributed by atoms with Crippen molar-refractivity contribution >= 4 is 24.0 Å². The lowest BCUT2D eigenvalue weighted by Crippen LogP contribution is -2.41. The molecule has 3 aromatic rings. The molecule has 0 amide bonds. The van der Waals surface area contributed by atoms with Crippen molar-refractivity contribution in [3.63, 3.8) is 0 Å². The molecular formula is C24H26BNO2. The predicted octanol–water partition coefficient (Wildman–Crippen LogP) is 5.40. The summed E-state index contributed by atoms with van der Waals surface area (Å²) in [6, 6.07) is 27.1. The second kappa shape index (κ2) is 7.12. The van der Waals surface area contributed by atoms with E-state index >= 15 is 0 Å².